The molecule has 0 spiro atoms. The summed E-state index contributed by atoms with van der Waals surface area (Å²) in [6.45, 7) is 3.54. The van der Waals surface area contributed by atoms with Crippen LogP contribution >= 0.6 is 0 Å². The Balaban J connectivity index is 2.66. The normalized spacial score (nSPS) is 15.4. The van der Waals surface area contributed by atoms with Crippen molar-refractivity contribution in [2.45, 2.75) is 25.3 Å². The highest BCUT2D eigenvalue weighted by molar-refractivity contribution is 7.84. The lowest BCUT2D eigenvalue weighted by Gasteiger charge is -2.11. The Bertz CT molecular complexity index is 311. The van der Waals surface area contributed by atoms with Gasteiger partial charge in [0.25, 0.3) is 0 Å². The Kier molecular flexibility index (Phi) is 4.28. The molecule has 0 fully saturated rings. The van der Waals surface area contributed by atoms with Gasteiger partial charge in [0, 0.05) is 41.6 Å². The molecular formula is C9H17N3OS. The van der Waals surface area contributed by atoms with Crippen molar-refractivity contribution in [3.05, 3.63) is 18.2 Å². The number of aromatic nitrogens is 2. The van der Waals surface area contributed by atoms with Crippen LogP contribution in [-0.4, -0.2) is 32.3 Å². The first-order chi connectivity index (χ1) is 6.65. The van der Waals surface area contributed by atoms with Gasteiger partial charge in [-0.2, -0.15) is 0 Å². The second-order valence-electron chi connectivity index (χ2n) is 3.38. The van der Waals surface area contributed by atoms with E-state index in [2.05, 4.69) is 10.3 Å². The summed E-state index contributed by atoms with van der Waals surface area (Å²) in [6, 6.07) is 0. The number of nitrogens with one attached hydrogen (secondary N) is 1. The maximum absolute atomic E-state index is 11.2. The third-order valence-corrected chi connectivity index (χ3v) is 3.46. The van der Waals surface area contributed by atoms with Gasteiger partial charge < -0.3 is 9.88 Å². The van der Waals surface area contributed by atoms with E-state index in [0.29, 0.717) is 0 Å². The zero-order chi connectivity index (χ0) is 10.6. The molecule has 0 saturated carbocycles. The van der Waals surface area contributed by atoms with E-state index in [9.17, 15) is 4.21 Å². The minimum absolute atomic E-state index is 0.166. The van der Waals surface area contributed by atoms with Gasteiger partial charge in [0.05, 0.1) is 12.0 Å². The molecule has 0 aliphatic carbocycles. The van der Waals surface area contributed by atoms with Crippen LogP contribution in [0, 0.1) is 0 Å². The monoisotopic (exact) mass is 215 g/mol. The average molecular weight is 215 g/mol. The van der Waals surface area contributed by atoms with Crippen LogP contribution in [-0.2, 0) is 23.9 Å². The van der Waals surface area contributed by atoms with Crippen LogP contribution in [0.15, 0.2) is 12.5 Å². The zero-order valence-corrected chi connectivity index (χ0v) is 9.67. The van der Waals surface area contributed by atoms with Crippen LogP contribution in [0.5, 0.6) is 0 Å². The molecular weight excluding hydrogens is 198 g/mol. The molecule has 0 amide bonds. The van der Waals surface area contributed by atoms with E-state index < -0.39 is 10.8 Å². The number of imidazole rings is 1. The summed E-state index contributed by atoms with van der Waals surface area (Å²) in [5.74, 6) is 0. The number of hydrogen-bond donors (Lipinski definition) is 1. The van der Waals surface area contributed by atoms with E-state index in [1.807, 2.05) is 24.7 Å². The summed E-state index contributed by atoms with van der Waals surface area (Å²) < 4.78 is 13.2. The SMILES string of the molecule is CNCc1cncn1CC(C)S(C)=O. The molecule has 5 heteroatoms. The Hall–Kier alpha value is -0.680. The topological polar surface area (TPSA) is 46.9 Å². The van der Waals surface area contributed by atoms with Crippen LogP contribution in [0.4, 0.5) is 0 Å². The van der Waals surface area contributed by atoms with Gasteiger partial charge in [0.15, 0.2) is 0 Å². The van der Waals surface area contributed by atoms with Crippen LogP contribution in [0.1, 0.15) is 12.6 Å². The van der Waals surface area contributed by atoms with Crippen LogP contribution in [0.3, 0.4) is 0 Å². The first-order valence-corrected chi connectivity index (χ1v) is 6.23. The molecule has 0 saturated heterocycles. The van der Waals surface area contributed by atoms with E-state index in [1.165, 1.54) is 0 Å². The van der Waals surface area contributed by atoms with Gasteiger partial charge in [-0.05, 0) is 14.0 Å². The standard InChI is InChI=1S/C9H17N3OS/c1-8(14(3)13)6-12-7-11-5-9(12)4-10-2/h5,7-8,10H,4,6H2,1-3H3. The van der Waals surface area contributed by atoms with Crippen LogP contribution < -0.4 is 5.32 Å². The van der Waals surface area contributed by atoms with Crippen LogP contribution in [0.25, 0.3) is 0 Å². The Morgan fingerprint density at radius 1 is 1.71 bits per heavy atom. The van der Waals surface area contributed by atoms with E-state index >= 15 is 0 Å². The molecule has 1 heterocycles. The summed E-state index contributed by atoms with van der Waals surface area (Å²) in [4.78, 5) is 4.08. The van der Waals surface area contributed by atoms with Gasteiger partial charge in [-0.3, -0.25) is 4.21 Å². The lowest BCUT2D eigenvalue weighted by atomic mass is 10.4. The number of nitrogens with zero attached hydrogens (tertiary/aromatic N) is 2. The first-order valence-electron chi connectivity index (χ1n) is 4.61. The molecule has 0 aliphatic heterocycles. The Morgan fingerprint density at radius 3 is 3.00 bits per heavy atom. The van der Waals surface area contributed by atoms with Gasteiger partial charge in [-0.1, -0.05) is 0 Å². The lowest BCUT2D eigenvalue weighted by molar-refractivity contribution is 0.615. The predicted molar refractivity (Wildman–Crippen MR) is 58.5 cm³/mol. The second-order valence-corrected chi connectivity index (χ2v) is 5.18. The van der Waals surface area contributed by atoms with Crippen molar-refractivity contribution in [1.29, 1.82) is 0 Å². The van der Waals surface area contributed by atoms with Gasteiger partial charge >= 0.3 is 0 Å². The molecule has 1 N–H and O–H groups in total. The highest BCUT2D eigenvalue weighted by atomic mass is 32.2. The average Bonchev–Trinajstić information content (AvgIpc) is 2.53. The molecule has 0 aliphatic rings. The molecule has 1 aromatic heterocycles. The van der Waals surface area contributed by atoms with E-state index in [1.54, 1.807) is 12.6 Å². The molecule has 0 aromatic carbocycles. The Morgan fingerprint density at radius 2 is 2.43 bits per heavy atom. The summed E-state index contributed by atoms with van der Waals surface area (Å²) >= 11 is 0. The highest BCUT2D eigenvalue weighted by Gasteiger charge is 2.09. The number of rotatable bonds is 5. The lowest BCUT2D eigenvalue weighted by Crippen LogP contribution is -2.20. The fourth-order valence-corrected chi connectivity index (χ4v) is 1.59. The fraction of sp³-hybridized carbons (Fsp3) is 0.667. The molecule has 4 nitrogen and oxygen atoms in total. The molecule has 0 bridgehead atoms. The molecule has 1 rings (SSSR count). The smallest absolute Gasteiger partial charge is 0.0948 e. The quantitative estimate of drug-likeness (QED) is 0.772. The number of hydrogen-bond acceptors (Lipinski definition) is 3. The van der Waals surface area contributed by atoms with Crippen molar-refractivity contribution < 1.29 is 4.21 Å². The van der Waals surface area contributed by atoms with E-state index in [4.69, 9.17) is 0 Å². The first kappa shape index (κ1) is 11.4. The molecule has 0 radical (unpaired) electrons. The minimum Gasteiger partial charge on any atom is -0.332 e. The minimum atomic E-state index is -0.776. The molecule has 2 atom stereocenters. The van der Waals surface area contributed by atoms with Crippen molar-refractivity contribution in [2.75, 3.05) is 13.3 Å². The van der Waals surface area contributed by atoms with Gasteiger partial charge in [-0.25, -0.2) is 4.98 Å². The van der Waals surface area contributed by atoms with Crippen molar-refractivity contribution in [1.82, 2.24) is 14.9 Å². The van der Waals surface area contributed by atoms with Crippen LogP contribution in [0.2, 0.25) is 0 Å². The fourth-order valence-electron chi connectivity index (χ4n) is 1.22. The maximum atomic E-state index is 11.2. The van der Waals surface area contributed by atoms with Gasteiger partial charge in [0.2, 0.25) is 0 Å². The Labute approximate surface area is 87.2 Å². The predicted octanol–water partition coefficient (Wildman–Crippen LogP) is 0.369. The third kappa shape index (κ3) is 2.92. The highest BCUT2D eigenvalue weighted by Crippen LogP contribution is 2.03. The maximum Gasteiger partial charge on any atom is 0.0948 e. The van der Waals surface area contributed by atoms with E-state index in [-0.39, 0.29) is 5.25 Å². The van der Waals surface area contributed by atoms with E-state index in [0.717, 1.165) is 18.8 Å². The summed E-state index contributed by atoms with van der Waals surface area (Å²) in [6.07, 6.45) is 5.36. The summed E-state index contributed by atoms with van der Waals surface area (Å²) in [5, 5.41) is 3.24. The van der Waals surface area contributed by atoms with Crippen molar-refractivity contribution in [2.24, 2.45) is 0 Å². The molecule has 80 valence electrons. The zero-order valence-electron chi connectivity index (χ0n) is 8.86. The third-order valence-electron chi connectivity index (χ3n) is 2.18. The van der Waals surface area contributed by atoms with Gasteiger partial charge in [0.1, 0.15) is 0 Å². The van der Waals surface area contributed by atoms with Crippen molar-refractivity contribution in [3.8, 4) is 0 Å². The van der Waals surface area contributed by atoms with Crippen molar-refractivity contribution in [3.63, 3.8) is 0 Å². The largest absolute Gasteiger partial charge is 0.332 e. The molecule has 1 aromatic rings. The van der Waals surface area contributed by atoms with Crippen molar-refractivity contribution >= 4 is 10.8 Å². The summed E-state index contributed by atoms with van der Waals surface area (Å²) in [7, 11) is 1.13. The molecule has 14 heavy (non-hydrogen) atoms. The summed E-state index contributed by atoms with van der Waals surface area (Å²) in [5.41, 5.74) is 1.13. The van der Waals surface area contributed by atoms with Gasteiger partial charge in [-0.15, -0.1) is 0 Å². The second kappa shape index (κ2) is 5.26. The molecule has 2 unspecified atom stereocenters.